The van der Waals surface area contributed by atoms with Crippen LogP contribution in [0.1, 0.15) is 66.2 Å². The van der Waals surface area contributed by atoms with Crippen LogP contribution in [0.15, 0.2) is 82.1 Å². The summed E-state index contributed by atoms with van der Waals surface area (Å²) in [4.78, 5) is 25.2. The first-order valence-corrected chi connectivity index (χ1v) is 16.1. The van der Waals surface area contributed by atoms with Crippen molar-refractivity contribution in [2.45, 2.75) is 56.4 Å². The smallest absolute Gasteiger partial charge is 0.305 e. The Morgan fingerprint density at radius 3 is 2.33 bits per heavy atom. The van der Waals surface area contributed by atoms with Crippen LogP contribution in [0.4, 0.5) is 11.4 Å². The lowest BCUT2D eigenvalue weighted by atomic mass is 9.82. The molecule has 3 aromatic carbocycles. The van der Waals surface area contributed by atoms with Crippen molar-refractivity contribution in [3.05, 3.63) is 89.7 Å². The van der Waals surface area contributed by atoms with Crippen molar-refractivity contribution in [2.24, 2.45) is 5.92 Å². The second-order valence-electron chi connectivity index (χ2n) is 11.2. The van der Waals surface area contributed by atoms with Gasteiger partial charge in [-0.25, -0.2) is 8.42 Å². The number of nitrogens with one attached hydrogen (secondary N) is 2. The molecule has 10 heteroatoms. The summed E-state index contributed by atoms with van der Waals surface area (Å²) >= 11 is 0. The van der Waals surface area contributed by atoms with Gasteiger partial charge in [-0.3, -0.25) is 14.3 Å². The average molecular weight is 604 g/mol. The number of anilines is 2. The number of nitrogens with zero attached hydrogens (tertiary/aromatic N) is 1. The number of amides is 1. The van der Waals surface area contributed by atoms with Crippen molar-refractivity contribution in [3.8, 4) is 0 Å². The lowest BCUT2D eigenvalue weighted by molar-refractivity contribution is -0.137. The number of rotatable bonds is 11. The van der Waals surface area contributed by atoms with Gasteiger partial charge in [-0.2, -0.15) is 0 Å². The molecule has 226 valence electrons. The largest absolute Gasteiger partial charge is 0.481 e. The van der Waals surface area contributed by atoms with E-state index >= 15 is 0 Å². The zero-order chi connectivity index (χ0) is 30.6. The van der Waals surface area contributed by atoms with E-state index in [2.05, 4.69) is 10.0 Å². The number of furan rings is 1. The highest BCUT2D eigenvalue weighted by Gasteiger charge is 2.30. The number of fused-ring (bicyclic) bond motifs is 1. The van der Waals surface area contributed by atoms with Crippen LogP contribution in [0.25, 0.3) is 11.0 Å². The zero-order valence-corrected chi connectivity index (χ0v) is 25.2. The van der Waals surface area contributed by atoms with Crippen molar-refractivity contribution in [2.75, 3.05) is 23.6 Å². The number of aliphatic carboxylic acids is 1. The number of carboxylic acid groups (broad SMARTS) is 1. The van der Waals surface area contributed by atoms with E-state index in [1.54, 1.807) is 61.6 Å². The SMILES string of the molecule is Cc1c(C(Nc2ccc(C(=O)N(C)CCC(=O)O)cc2)C2CCCCC2)oc2ccc(NS(=O)(=O)c3ccccc3)cc12. The van der Waals surface area contributed by atoms with E-state index in [9.17, 15) is 18.0 Å². The molecule has 1 amide bonds. The number of carbonyl (C=O) groups is 2. The molecule has 9 nitrogen and oxygen atoms in total. The first-order chi connectivity index (χ1) is 20.6. The predicted octanol–water partition coefficient (Wildman–Crippen LogP) is 6.82. The normalized spacial score (nSPS) is 14.7. The van der Waals surface area contributed by atoms with Crippen molar-refractivity contribution in [1.29, 1.82) is 0 Å². The first-order valence-electron chi connectivity index (χ1n) is 14.6. The fourth-order valence-corrected chi connectivity index (χ4v) is 6.82. The van der Waals surface area contributed by atoms with E-state index in [-0.39, 0.29) is 29.8 Å². The Balaban J connectivity index is 1.40. The van der Waals surface area contributed by atoms with Crippen molar-refractivity contribution in [1.82, 2.24) is 4.90 Å². The standard InChI is InChI=1S/C33H37N3O6S/c1-22-28-21-26(35-43(40,41)27-11-7-4-8-12-27)17-18-29(28)42-32(22)31(23-9-5-3-6-10-23)34-25-15-13-24(14-16-25)33(39)36(2)20-19-30(37)38/h4,7-8,11-18,21,23,31,34-35H,3,5-6,9-10,19-20H2,1-2H3,(H,37,38). The molecule has 0 aliphatic heterocycles. The van der Waals surface area contributed by atoms with E-state index in [1.165, 1.54) is 11.3 Å². The maximum atomic E-state index is 12.9. The number of hydrogen-bond donors (Lipinski definition) is 3. The van der Waals surface area contributed by atoms with Gasteiger partial charge in [0.05, 0.1) is 17.4 Å². The summed E-state index contributed by atoms with van der Waals surface area (Å²) in [6.45, 7) is 2.14. The van der Waals surface area contributed by atoms with Crippen LogP contribution in [0, 0.1) is 12.8 Å². The van der Waals surface area contributed by atoms with Gasteiger partial charge in [-0.15, -0.1) is 0 Å². The lowest BCUT2D eigenvalue weighted by Gasteiger charge is -2.31. The van der Waals surface area contributed by atoms with Gasteiger partial charge < -0.3 is 19.7 Å². The second kappa shape index (κ2) is 12.9. The Bertz CT molecular complexity index is 1690. The summed E-state index contributed by atoms with van der Waals surface area (Å²) in [5.41, 5.74) is 3.42. The highest BCUT2D eigenvalue weighted by atomic mass is 32.2. The molecular weight excluding hydrogens is 566 g/mol. The Morgan fingerprint density at radius 2 is 1.65 bits per heavy atom. The minimum absolute atomic E-state index is 0.109. The zero-order valence-electron chi connectivity index (χ0n) is 24.4. The van der Waals surface area contributed by atoms with Crippen molar-refractivity contribution < 1.29 is 27.5 Å². The van der Waals surface area contributed by atoms with Crippen LogP contribution in [0.2, 0.25) is 0 Å². The first kappa shape index (κ1) is 30.2. The molecule has 1 fully saturated rings. The van der Waals surface area contributed by atoms with Gasteiger partial charge in [0.2, 0.25) is 0 Å². The van der Waals surface area contributed by atoms with Crippen LogP contribution >= 0.6 is 0 Å². The number of sulfonamides is 1. The molecule has 1 saturated carbocycles. The maximum absolute atomic E-state index is 12.9. The third-order valence-electron chi connectivity index (χ3n) is 8.14. The van der Waals surface area contributed by atoms with E-state index in [0.717, 1.165) is 48.1 Å². The number of aryl methyl sites for hydroxylation is 1. The second-order valence-corrected chi connectivity index (χ2v) is 12.9. The van der Waals surface area contributed by atoms with Crippen molar-refractivity contribution >= 4 is 44.2 Å². The molecule has 43 heavy (non-hydrogen) atoms. The van der Waals surface area contributed by atoms with Gasteiger partial charge in [-0.1, -0.05) is 37.5 Å². The topological polar surface area (TPSA) is 129 Å². The molecule has 1 aliphatic carbocycles. The minimum atomic E-state index is -3.73. The third-order valence-corrected chi connectivity index (χ3v) is 9.54. The molecule has 0 saturated heterocycles. The van der Waals surface area contributed by atoms with Gasteiger partial charge >= 0.3 is 5.97 Å². The van der Waals surface area contributed by atoms with Gasteiger partial charge in [0.25, 0.3) is 15.9 Å². The fourth-order valence-electron chi connectivity index (χ4n) is 5.75. The van der Waals surface area contributed by atoms with Crippen LogP contribution in [-0.4, -0.2) is 43.9 Å². The van der Waals surface area contributed by atoms with Gasteiger partial charge in [0.15, 0.2) is 0 Å². The summed E-state index contributed by atoms with van der Waals surface area (Å²) in [7, 11) is -2.13. The molecule has 1 aliphatic rings. The highest BCUT2D eigenvalue weighted by Crippen LogP contribution is 2.41. The number of benzene rings is 3. The third kappa shape index (κ3) is 7.02. The number of hydrogen-bond acceptors (Lipinski definition) is 6. The molecule has 0 spiro atoms. The monoisotopic (exact) mass is 603 g/mol. The van der Waals surface area contributed by atoms with E-state index in [1.807, 2.05) is 25.1 Å². The summed E-state index contributed by atoms with van der Waals surface area (Å²) in [6, 6.07) is 20.7. The Hall–Kier alpha value is -4.31. The molecule has 1 unspecified atom stereocenters. The molecule has 0 bridgehead atoms. The molecule has 3 N–H and O–H groups in total. The Labute approximate surface area is 251 Å². The van der Waals surface area contributed by atoms with E-state index < -0.39 is 16.0 Å². The Kier molecular flexibility index (Phi) is 9.05. The molecule has 0 radical (unpaired) electrons. The van der Waals surface area contributed by atoms with E-state index in [4.69, 9.17) is 9.52 Å². The summed E-state index contributed by atoms with van der Waals surface area (Å²) < 4.78 is 35.0. The Morgan fingerprint density at radius 1 is 0.977 bits per heavy atom. The molecule has 1 atom stereocenters. The van der Waals surface area contributed by atoms with E-state index in [0.29, 0.717) is 22.8 Å². The average Bonchev–Trinajstić information content (AvgIpc) is 3.34. The summed E-state index contributed by atoms with van der Waals surface area (Å²) in [6.07, 6.45) is 5.50. The molecular formula is C33H37N3O6S. The molecule has 1 heterocycles. The minimum Gasteiger partial charge on any atom is -0.481 e. The summed E-state index contributed by atoms with van der Waals surface area (Å²) in [5.74, 6) is -0.0203. The van der Waals surface area contributed by atoms with Gasteiger partial charge in [0.1, 0.15) is 11.3 Å². The quantitative estimate of drug-likeness (QED) is 0.172. The number of carboxylic acids is 1. The molecule has 5 rings (SSSR count). The molecule has 1 aromatic heterocycles. The highest BCUT2D eigenvalue weighted by molar-refractivity contribution is 7.92. The maximum Gasteiger partial charge on any atom is 0.305 e. The van der Waals surface area contributed by atoms with Crippen LogP contribution in [0.3, 0.4) is 0 Å². The van der Waals surface area contributed by atoms with Gasteiger partial charge in [-0.05, 0) is 80.3 Å². The fraction of sp³-hybridized carbons (Fsp3) is 0.333. The molecule has 4 aromatic rings. The van der Waals surface area contributed by atoms with Crippen LogP contribution in [0.5, 0.6) is 0 Å². The van der Waals surface area contributed by atoms with Crippen LogP contribution in [-0.2, 0) is 14.8 Å². The van der Waals surface area contributed by atoms with Crippen LogP contribution < -0.4 is 10.0 Å². The number of carbonyl (C=O) groups excluding carboxylic acids is 1. The predicted molar refractivity (Wildman–Crippen MR) is 167 cm³/mol. The lowest BCUT2D eigenvalue weighted by Crippen LogP contribution is -2.29. The summed E-state index contributed by atoms with van der Waals surface area (Å²) in [5, 5.41) is 13.4. The van der Waals surface area contributed by atoms with Gasteiger partial charge in [0, 0.05) is 41.5 Å². The van der Waals surface area contributed by atoms with Crippen molar-refractivity contribution in [3.63, 3.8) is 0 Å².